The highest BCUT2D eigenvalue weighted by Gasteiger charge is 2.35. The van der Waals surface area contributed by atoms with Gasteiger partial charge in [-0.05, 0) is 115 Å². The molecule has 0 aliphatic heterocycles. The Balaban J connectivity index is 0.964. The molecular weight excluding hydrogens is 685 g/mol. The third kappa shape index (κ3) is 5.11. The van der Waals surface area contributed by atoms with Gasteiger partial charge in [0.25, 0.3) is 0 Å². The first-order valence-corrected chi connectivity index (χ1v) is 19.8. The van der Waals surface area contributed by atoms with E-state index < -0.39 is 0 Å². The summed E-state index contributed by atoms with van der Waals surface area (Å²) in [7, 11) is 0. The second-order valence-corrected chi connectivity index (χ2v) is 16.2. The Morgan fingerprint density at radius 1 is 0.455 bits per heavy atom. The van der Waals surface area contributed by atoms with Crippen molar-refractivity contribution in [3.63, 3.8) is 0 Å². The topological polar surface area (TPSA) is 16.1 Å². The van der Waals surface area contributed by atoms with Crippen LogP contribution in [0.2, 0.25) is 0 Å². The van der Waals surface area contributed by atoms with Crippen LogP contribution in [0.25, 0.3) is 75.4 Å². The monoisotopic (exact) mass is 720 g/mol. The molecule has 0 fully saturated rings. The maximum Gasteiger partial charge on any atom is 0.124 e. The zero-order chi connectivity index (χ0) is 36.7. The SMILES string of the molecule is CC1(C)c2ccccc2-c2ccc(N(c3ccccc3)c3ccc(-c4ccc5c(ccc6ccc7sc(-c8ccc9ccccc9c8)nc7c65)c4)cc3)cc21. The number of aromatic nitrogens is 1. The Kier molecular flexibility index (Phi) is 7.11. The molecule has 1 heterocycles. The summed E-state index contributed by atoms with van der Waals surface area (Å²) >= 11 is 1.77. The number of benzene rings is 9. The van der Waals surface area contributed by atoms with Gasteiger partial charge in [0.05, 0.1) is 10.2 Å². The predicted octanol–water partition coefficient (Wildman–Crippen LogP) is 14.9. The van der Waals surface area contributed by atoms with E-state index in [0.717, 1.165) is 33.1 Å². The minimum absolute atomic E-state index is 0.0691. The van der Waals surface area contributed by atoms with Crippen molar-refractivity contribution in [2.45, 2.75) is 19.3 Å². The van der Waals surface area contributed by atoms with Gasteiger partial charge >= 0.3 is 0 Å². The number of hydrogen-bond donors (Lipinski definition) is 0. The molecule has 55 heavy (non-hydrogen) atoms. The van der Waals surface area contributed by atoms with Crippen LogP contribution in [0, 0.1) is 0 Å². The van der Waals surface area contributed by atoms with Gasteiger partial charge in [-0.1, -0.05) is 141 Å². The van der Waals surface area contributed by atoms with Crippen LogP contribution < -0.4 is 4.90 Å². The van der Waals surface area contributed by atoms with Crippen LogP contribution in [0.4, 0.5) is 17.1 Å². The quantitative estimate of drug-likeness (QED) is 0.165. The van der Waals surface area contributed by atoms with E-state index in [2.05, 4.69) is 201 Å². The zero-order valence-electron chi connectivity index (χ0n) is 30.6. The van der Waals surface area contributed by atoms with E-state index in [1.165, 1.54) is 70.4 Å². The molecule has 260 valence electrons. The third-order valence-electron chi connectivity index (χ3n) is 11.7. The molecule has 9 aromatic carbocycles. The third-order valence-corrected chi connectivity index (χ3v) is 12.7. The van der Waals surface area contributed by atoms with E-state index in [1.54, 1.807) is 11.3 Å². The first kappa shape index (κ1) is 31.9. The lowest BCUT2D eigenvalue weighted by Gasteiger charge is -2.28. The standard InChI is InChI=1S/C52H36N2S/c1-52(2)46-15-9-8-14-44(46)45-28-26-42(32-47(45)52)54(40-12-4-3-5-13-40)41-24-20-34(21-25-41)37-22-27-43-38(30-37)18-17-35-23-29-48-50(49(35)43)53-51(55-48)39-19-16-33-10-6-7-11-36(33)31-39/h3-32H,1-2H3. The molecule has 0 saturated carbocycles. The second kappa shape index (κ2) is 12.2. The highest BCUT2D eigenvalue weighted by molar-refractivity contribution is 7.21. The van der Waals surface area contributed by atoms with Gasteiger partial charge in [-0.2, -0.15) is 0 Å². The molecule has 0 saturated heterocycles. The minimum atomic E-state index is -0.0691. The first-order chi connectivity index (χ1) is 27.0. The van der Waals surface area contributed by atoms with E-state index in [1.807, 2.05) is 0 Å². The molecule has 0 unspecified atom stereocenters. The van der Waals surface area contributed by atoms with Crippen LogP contribution in [0.1, 0.15) is 25.0 Å². The van der Waals surface area contributed by atoms with Gasteiger partial charge in [0.2, 0.25) is 0 Å². The van der Waals surface area contributed by atoms with Gasteiger partial charge in [0, 0.05) is 33.4 Å². The fourth-order valence-corrected chi connectivity index (χ4v) is 9.79. The lowest BCUT2D eigenvalue weighted by molar-refractivity contribution is 0.660. The molecule has 1 aliphatic rings. The molecule has 1 aromatic heterocycles. The Labute approximate surface area is 324 Å². The predicted molar refractivity (Wildman–Crippen MR) is 235 cm³/mol. The van der Waals surface area contributed by atoms with Gasteiger partial charge in [-0.3, -0.25) is 0 Å². The summed E-state index contributed by atoms with van der Waals surface area (Å²) in [6.07, 6.45) is 0. The maximum atomic E-state index is 5.28. The zero-order valence-corrected chi connectivity index (χ0v) is 31.4. The van der Waals surface area contributed by atoms with Crippen molar-refractivity contribution in [2.75, 3.05) is 4.90 Å². The normalized spacial score (nSPS) is 13.1. The lowest BCUT2D eigenvalue weighted by atomic mass is 9.82. The van der Waals surface area contributed by atoms with Crippen LogP contribution in [0.3, 0.4) is 0 Å². The van der Waals surface area contributed by atoms with Crippen LogP contribution in [0.15, 0.2) is 182 Å². The fraction of sp³-hybridized carbons (Fsp3) is 0.0577. The molecule has 3 heteroatoms. The van der Waals surface area contributed by atoms with Gasteiger partial charge < -0.3 is 4.90 Å². The van der Waals surface area contributed by atoms with Gasteiger partial charge in [-0.15, -0.1) is 11.3 Å². The van der Waals surface area contributed by atoms with Crippen LogP contribution in [-0.2, 0) is 5.41 Å². The minimum Gasteiger partial charge on any atom is -0.310 e. The number of rotatable bonds is 5. The average Bonchev–Trinajstić information content (AvgIpc) is 3.78. The summed E-state index contributed by atoms with van der Waals surface area (Å²) in [5, 5.41) is 8.43. The molecule has 0 radical (unpaired) electrons. The second-order valence-electron chi connectivity index (χ2n) is 15.2. The molecule has 10 aromatic rings. The van der Waals surface area contributed by atoms with Crippen molar-refractivity contribution in [3.05, 3.63) is 193 Å². The smallest absolute Gasteiger partial charge is 0.124 e. The van der Waals surface area contributed by atoms with E-state index >= 15 is 0 Å². The first-order valence-electron chi connectivity index (χ1n) is 18.9. The summed E-state index contributed by atoms with van der Waals surface area (Å²) in [5.74, 6) is 0. The van der Waals surface area contributed by atoms with Crippen molar-refractivity contribution in [2.24, 2.45) is 0 Å². The van der Waals surface area contributed by atoms with Crippen LogP contribution in [-0.4, -0.2) is 4.98 Å². The number of para-hydroxylation sites is 1. The Hall–Kier alpha value is -6.55. The number of fused-ring (bicyclic) bond motifs is 9. The molecule has 0 amide bonds. The number of hydrogen-bond acceptors (Lipinski definition) is 3. The van der Waals surface area contributed by atoms with Crippen molar-refractivity contribution in [3.8, 4) is 32.8 Å². The van der Waals surface area contributed by atoms with Gasteiger partial charge in [0.1, 0.15) is 5.01 Å². The highest BCUT2D eigenvalue weighted by Crippen LogP contribution is 2.50. The molecule has 0 N–H and O–H groups in total. The van der Waals surface area contributed by atoms with E-state index in [-0.39, 0.29) is 5.41 Å². The summed E-state index contributed by atoms with van der Waals surface area (Å²) in [6.45, 7) is 4.69. The Morgan fingerprint density at radius 2 is 1.09 bits per heavy atom. The van der Waals surface area contributed by atoms with E-state index in [0.29, 0.717) is 0 Å². The Bertz CT molecular complexity index is 3120. The van der Waals surface area contributed by atoms with Gasteiger partial charge in [0.15, 0.2) is 0 Å². The van der Waals surface area contributed by atoms with E-state index in [9.17, 15) is 0 Å². The number of nitrogens with zero attached hydrogens (tertiary/aromatic N) is 2. The van der Waals surface area contributed by atoms with Crippen molar-refractivity contribution >= 4 is 70.9 Å². The van der Waals surface area contributed by atoms with Crippen LogP contribution in [0.5, 0.6) is 0 Å². The molecule has 0 atom stereocenters. The summed E-state index contributed by atoms with van der Waals surface area (Å²) in [6, 6.07) is 66.6. The van der Waals surface area contributed by atoms with Crippen molar-refractivity contribution in [1.82, 2.24) is 4.98 Å². The summed E-state index contributed by atoms with van der Waals surface area (Å²) in [5.41, 5.74) is 13.4. The molecule has 11 rings (SSSR count). The number of anilines is 3. The molecule has 0 spiro atoms. The van der Waals surface area contributed by atoms with Crippen molar-refractivity contribution < 1.29 is 0 Å². The highest BCUT2D eigenvalue weighted by atomic mass is 32.1. The van der Waals surface area contributed by atoms with E-state index in [4.69, 9.17) is 4.98 Å². The summed E-state index contributed by atoms with van der Waals surface area (Å²) in [4.78, 5) is 7.65. The molecular formula is C52H36N2S. The summed E-state index contributed by atoms with van der Waals surface area (Å²) < 4.78 is 1.21. The lowest BCUT2D eigenvalue weighted by Crippen LogP contribution is -2.16. The van der Waals surface area contributed by atoms with Gasteiger partial charge in [-0.25, -0.2) is 4.98 Å². The van der Waals surface area contributed by atoms with Crippen LogP contribution >= 0.6 is 11.3 Å². The van der Waals surface area contributed by atoms with Crippen molar-refractivity contribution in [1.29, 1.82) is 0 Å². The fourth-order valence-electron chi connectivity index (χ4n) is 8.82. The maximum absolute atomic E-state index is 5.28. The molecule has 2 nitrogen and oxygen atoms in total. The Morgan fingerprint density at radius 3 is 1.96 bits per heavy atom. The average molecular weight is 721 g/mol. The molecule has 1 aliphatic carbocycles. The number of thiazole rings is 1. The largest absolute Gasteiger partial charge is 0.310 e. The molecule has 0 bridgehead atoms.